The molecule has 0 aliphatic carbocycles. The Morgan fingerprint density at radius 1 is 1.56 bits per heavy atom. The number of rotatable bonds is 2. The van der Waals surface area contributed by atoms with Crippen LogP contribution in [0.2, 0.25) is 0 Å². The van der Waals surface area contributed by atoms with Crippen molar-refractivity contribution in [3.05, 3.63) is 22.9 Å². The third-order valence-corrected chi connectivity index (χ3v) is 2.76. The lowest BCUT2D eigenvalue weighted by molar-refractivity contribution is 0.150. The van der Waals surface area contributed by atoms with Gasteiger partial charge in [-0.2, -0.15) is 5.26 Å². The maximum atomic E-state index is 12.5. The number of pyridine rings is 1. The quantitative estimate of drug-likeness (QED) is 0.837. The number of sulfonamides is 1. The highest BCUT2D eigenvalue weighted by Crippen LogP contribution is 2.24. The highest BCUT2D eigenvalue weighted by molar-refractivity contribution is 7.89. The summed E-state index contributed by atoms with van der Waals surface area (Å²) in [5, 5.41) is 12.8. The molecule has 0 fully saturated rings. The summed E-state index contributed by atoms with van der Waals surface area (Å²) in [5.74, 6) is 0. The number of nitriles is 1. The van der Waals surface area contributed by atoms with Gasteiger partial charge in [0.2, 0.25) is 0 Å². The number of hydrogen-bond acceptors (Lipinski definition) is 4. The maximum absolute atomic E-state index is 12.5. The monoisotopic (exact) mass is 247 g/mol. The molecule has 0 aromatic carbocycles. The van der Waals surface area contributed by atoms with E-state index in [0.29, 0.717) is 0 Å². The summed E-state index contributed by atoms with van der Waals surface area (Å²) in [6, 6.07) is 2.30. The van der Waals surface area contributed by atoms with Crippen LogP contribution in [0.5, 0.6) is 0 Å². The summed E-state index contributed by atoms with van der Waals surface area (Å²) in [7, 11) is -4.12. The molecule has 0 atom stereocenters. The van der Waals surface area contributed by atoms with Crippen LogP contribution in [-0.2, 0) is 10.0 Å². The van der Waals surface area contributed by atoms with Crippen molar-refractivity contribution in [3.63, 3.8) is 0 Å². The van der Waals surface area contributed by atoms with Crippen LogP contribution in [0.25, 0.3) is 0 Å². The van der Waals surface area contributed by atoms with Crippen molar-refractivity contribution < 1.29 is 17.2 Å². The molecule has 0 saturated heterocycles. The first-order valence-electron chi connectivity index (χ1n) is 4.00. The number of nitrogens with zero attached hydrogens (tertiary/aromatic N) is 2. The average molecular weight is 247 g/mol. The van der Waals surface area contributed by atoms with E-state index in [-0.39, 0.29) is 5.56 Å². The van der Waals surface area contributed by atoms with Gasteiger partial charge in [0.1, 0.15) is 6.07 Å². The molecule has 2 N–H and O–H groups in total. The molecule has 0 aliphatic rings. The Balaban J connectivity index is 3.58. The number of alkyl halides is 2. The Hall–Kier alpha value is -1.59. The second-order valence-corrected chi connectivity index (χ2v) is 4.48. The van der Waals surface area contributed by atoms with E-state index in [2.05, 4.69) is 4.98 Å². The van der Waals surface area contributed by atoms with Gasteiger partial charge in [-0.3, -0.25) is 0 Å². The van der Waals surface area contributed by atoms with Gasteiger partial charge in [-0.25, -0.2) is 27.3 Å². The number of nitrogens with two attached hydrogens (primary N) is 1. The molecule has 0 spiro atoms. The normalized spacial score (nSPS) is 11.5. The van der Waals surface area contributed by atoms with Gasteiger partial charge in [-0.15, -0.1) is 0 Å². The van der Waals surface area contributed by atoms with Crippen LogP contribution in [0.1, 0.15) is 23.2 Å². The van der Waals surface area contributed by atoms with Gasteiger partial charge in [0.15, 0.2) is 10.7 Å². The molecule has 1 aromatic rings. The van der Waals surface area contributed by atoms with E-state index < -0.39 is 32.7 Å². The third-order valence-electron chi connectivity index (χ3n) is 1.81. The van der Waals surface area contributed by atoms with E-state index in [1.807, 2.05) is 0 Å². The average Bonchev–Trinajstić information content (AvgIpc) is 2.15. The maximum Gasteiger partial charge on any atom is 0.266 e. The molecule has 1 aromatic heterocycles. The lowest BCUT2D eigenvalue weighted by Gasteiger charge is -2.07. The molecule has 16 heavy (non-hydrogen) atoms. The summed E-state index contributed by atoms with van der Waals surface area (Å²) in [6.45, 7) is 1.28. The van der Waals surface area contributed by atoms with Gasteiger partial charge < -0.3 is 0 Å². The number of primary sulfonamides is 1. The van der Waals surface area contributed by atoms with E-state index in [1.165, 1.54) is 13.0 Å². The molecule has 8 heteroatoms. The predicted octanol–water partition coefficient (Wildman–Crippen LogP) is 0.847. The highest BCUT2D eigenvalue weighted by Gasteiger charge is 2.21. The molecule has 1 rings (SSSR count). The summed E-state index contributed by atoms with van der Waals surface area (Å²) in [6.07, 6.45) is -2.89. The van der Waals surface area contributed by atoms with E-state index in [9.17, 15) is 17.2 Å². The zero-order valence-electron chi connectivity index (χ0n) is 8.11. The van der Waals surface area contributed by atoms with Crippen molar-refractivity contribution >= 4 is 10.0 Å². The molecule has 1 heterocycles. The molecule has 86 valence electrons. The second-order valence-electron chi connectivity index (χ2n) is 3.01. The predicted molar refractivity (Wildman–Crippen MR) is 50.0 cm³/mol. The van der Waals surface area contributed by atoms with Crippen LogP contribution in [0.4, 0.5) is 8.78 Å². The van der Waals surface area contributed by atoms with E-state index in [1.54, 1.807) is 0 Å². The van der Waals surface area contributed by atoms with Gasteiger partial charge in [-0.1, -0.05) is 0 Å². The third kappa shape index (κ3) is 2.32. The molecule has 0 bridgehead atoms. The number of aromatic nitrogens is 1. The first kappa shape index (κ1) is 12.5. The van der Waals surface area contributed by atoms with Gasteiger partial charge >= 0.3 is 0 Å². The fourth-order valence-corrected chi connectivity index (χ4v) is 1.89. The second kappa shape index (κ2) is 4.11. The van der Waals surface area contributed by atoms with Gasteiger partial charge in [0, 0.05) is 0 Å². The Bertz CT molecular complexity index is 563. The van der Waals surface area contributed by atoms with Crippen molar-refractivity contribution in [1.82, 2.24) is 4.98 Å². The van der Waals surface area contributed by atoms with Crippen LogP contribution < -0.4 is 5.14 Å². The Morgan fingerprint density at radius 3 is 2.50 bits per heavy atom. The lowest BCUT2D eigenvalue weighted by Crippen LogP contribution is -2.17. The molecule has 0 unspecified atom stereocenters. The molecule has 5 nitrogen and oxygen atoms in total. The van der Waals surface area contributed by atoms with Crippen molar-refractivity contribution in [1.29, 1.82) is 5.26 Å². The smallest absolute Gasteiger partial charge is 0.223 e. The lowest BCUT2D eigenvalue weighted by atomic mass is 10.1. The number of halogens is 2. The van der Waals surface area contributed by atoms with E-state index in [4.69, 9.17) is 10.4 Å². The molecule has 0 radical (unpaired) electrons. The van der Waals surface area contributed by atoms with E-state index >= 15 is 0 Å². The van der Waals surface area contributed by atoms with Gasteiger partial charge in [-0.05, 0) is 18.6 Å². The minimum Gasteiger partial charge on any atom is -0.223 e. The zero-order valence-corrected chi connectivity index (χ0v) is 8.92. The van der Waals surface area contributed by atoms with Crippen LogP contribution in [-0.4, -0.2) is 13.4 Å². The SMILES string of the molecule is Cc1cc(C(F)F)c(C#N)nc1S(N)(=O)=O. The Kier molecular flexibility index (Phi) is 3.21. The van der Waals surface area contributed by atoms with Crippen molar-refractivity contribution in [2.45, 2.75) is 18.4 Å². The molecule has 0 amide bonds. The topological polar surface area (TPSA) is 96.8 Å². The number of hydrogen-bond donors (Lipinski definition) is 1. The largest absolute Gasteiger partial charge is 0.266 e. The highest BCUT2D eigenvalue weighted by atomic mass is 32.2. The summed E-state index contributed by atoms with van der Waals surface area (Å²) in [5.41, 5.74) is -1.26. The van der Waals surface area contributed by atoms with Crippen LogP contribution in [0.15, 0.2) is 11.1 Å². The molecular formula is C8H7F2N3O2S. The minimum atomic E-state index is -4.12. The van der Waals surface area contributed by atoms with Gasteiger partial charge in [0.05, 0.1) is 5.56 Å². The van der Waals surface area contributed by atoms with Crippen LogP contribution >= 0.6 is 0 Å². The zero-order chi connectivity index (χ0) is 12.5. The summed E-state index contributed by atoms with van der Waals surface area (Å²) >= 11 is 0. The standard InChI is InChI=1S/C8H7F2N3O2S/c1-4-2-5(7(9)10)6(3-11)13-8(4)16(12,14)15/h2,7H,1H3,(H2,12,14,15). The first-order chi connectivity index (χ1) is 7.27. The van der Waals surface area contributed by atoms with Crippen molar-refractivity contribution in [2.24, 2.45) is 5.14 Å². The van der Waals surface area contributed by atoms with Gasteiger partial charge in [0.25, 0.3) is 16.4 Å². The fourth-order valence-electron chi connectivity index (χ4n) is 1.16. The molecular weight excluding hydrogens is 240 g/mol. The van der Waals surface area contributed by atoms with Crippen molar-refractivity contribution in [2.75, 3.05) is 0 Å². The number of aryl methyl sites for hydroxylation is 1. The van der Waals surface area contributed by atoms with Crippen LogP contribution in [0.3, 0.4) is 0 Å². The van der Waals surface area contributed by atoms with Crippen LogP contribution in [0, 0.1) is 18.3 Å². The molecule has 0 saturated carbocycles. The summed E-state index contributed by atoms with van der Waals surface area (Å²) in [4.78, 5) is 3.33. The summed E-state index contributed by atoms with van der Waals surface area (Å²) < 4.78 is 46.9. The first-order valence-corrected chi connectivity index (χ1v) is 5.54. The minimum absolute atomic E-state index is 0.0169. The Labute approximate surface area is 90.6 Å². The van der Waals surface area contributed by atoms with E-state index in [0.717, 1.165) is 6.07 Å². The molecule has 0 aliphatic heterocycles. The Morgan fingerprint density at radius 2 is 2.12 bits per heavy atom. The fraction of sp³-hybridized carbons (Fsp3) is 0.250. The van der Waals surface area contributed by atoms with Crippen molar-refractivity contribution in [3.8, 4) is 6.07 Å².